The molecule has 1 saturated heterocycles. The van der Waals surface area contributed by atoms with E-state index in [0.717, 1.165) is 11.5 Å². The minimum absolute atomic E-state index is 0.561. The lowest BCUT2D eigenvalue weighted by Crippen LogP contribution is -2.60. The maximum atomic E-state index is 9.63. The third-order valence-electron chi connectivity index (χ3n) is 2.63. The van der Waals surface area contributed by atoms with Gasteiger partial charge in [0, 0.05) is 25.4 Å². The van der Waals surface area contributed by atoms with Crippen molar-refractivity contribution in [1.29, 1.82) is 0 Å². The summed E-state index contributed by atoms with van der Waals surface area (Å²) < 4.78 is 1.72. The number of β-amino-alcohol motifs (C(OH)–C–C–N with tert-alkyl or cyclic N) is 1. The van der Waals surface area contributed by atoms with Crippen molar-refractivity contribution in [1.82, 2.24) is 14.6 Å². The van der Waals surface area contributed by atoms with Crippen molar-refractivity contribution in [3.8, 4) is 0 Å². The lowest BCUT2D eigenvalue weighted by molar-refractivity contribution is 0.0305. The van der Waals surface area contributed by atoms with Crippen molar-refractivity contribution in [3.63, 3.8) is 0 Å². The van der Waals surface area contributed by atoms with Gasteiger partial charge in [-0.3, -0.25) is 0 Å². The summed E-state index contributed by atoms with van der Waals surface area (Å²) in [5.74, 6) is 0.898. The van der Waals surface area contributed by atoms with Crippen molar-refractivity contribution < 1.29 is 5.11 Å². The first-order valence-electron chi connectivity index (χ1n) is 4.92. The molecule has 0 aromatic carbocycles. The molecule has 3 heterocycles. The number of hydrogen-bond donors (Lipinski definition) is 1. The lowest BCUT2D eigenvalue weighted by Gasteiger charge is -2.44. The van der Waals surface area contributed by atoms with E-state index >= 15 is 0 Å². The fourth-order valence-corrected chi connectivity index (χ4v) is 1.92. The Morgan fingerprint density at radius 2 is 2.20 bits per heavy atom. The molecule has 1 N–H and O–H groups in total. The van der Waals surface area contributed by atoms with E-state index in [4.69, 9.17) is 0 Å². The Morgan fingerprint density at radius 3 is 2.93 bits per heavy atom. The van der Waals surface area contributed by atoms with Crippen LogP contribution in [-0.4, -0.2) is 38.4 Å². The normalized spacial score (nSPS) is 19.2. The zero-order valence-electron chi connectivity index (χ0n) is 8.46. The molecule has 2 aromatic heterocycles. The molecule has 3 rings (SSSR count). The van der Waals surface area contributed by atoms with Crippen LogP contribution in [0.5, 0.6) is 0 Å². The highest BCUT2D eigenvalue weighted by Crippen LogP contribution is 2.25. The molecule has 0 amide bonds. The van der Waals surface area contributed by atoms with E-state index in [1.807, 2.05) is 30.2 Å². The summed E-state index contributed by atoms with van der Waals surface area (Å²) in [6, 6.07) is 3.77. The monoisotopic (exact) mass is 204 g/mol. The minimum atomic E-state index is -0.561. The van der Waals surface area contributed by atoms with Gasteiger partial charge in [0.05, 0.1) is 11.8 Å². The van der Waals surface area contributed by atoms with Gasteiger partial charge in [0.25, 0.3) is 0 Å². The fourth-order valence-electron chi connectivity index (χ4n) is 1.92. The zero-order valence-corrected chi connectivity index (χ0v) is 8.46. The number of aromatic nitrogens is 3. The van der Waals surface area contributed by atoms with Gasteiger partial charge in [0.15, 0.2) is 5.65 Å². The highest BCUT2D eigenvalue weighted by molar-refractivity contribution is 5.49. The summed E-state index contributed by atoms with van der Waals surface area (Å²) in [6.07, 6.45) is 3.60. The van der Waals surface area contributed by atoms with Crippen LogP contribution in [0.3, 0.4) is 0 Å². The quantitative estimate of drug-likeness (QED) is 0.726. The summed E-state index contributed by atoms with van der Waals surface area (Å²) >= 11 is 0. The Kier molecular flexibility index (Phi) is 1.56. The molecule has 0 unspecified atom stereocenters. The average molecular weight is 204 g/mol. The molecular weight excluding hydrogens is 192 g/mol. The largest absolute Gasteiger partial charge is 0.386 e. The minimum Gasteiger partial charge on any atom is -0.386 e. The third-order valence-corrected chi connectivity index (χ3v) is 2.63. The molecule has 1 aliphatic rings. The van der Waals surface area contributed by atoms with Crippen molar-refractivity contribution in [3.05, 3.63) is 24.5 Å². The maximum absolute atomic E-state index is 9.63. The van der Waals surface area contributed by atoms with Crippen LogP contribution >= 0.6 is 0 Å². The standard InChI is InChI=1S/C10H12N4O/c1-10(15)6-13(7-10)8-3-5-14-9(12-8)2-4-11-14/h2-5,15H,6-7H2,1H3. The molecule has 0 atom stereocenters. The van der Waals surface area contributed by atoms with Crippen molar-refractivity contribution in [2.75, 3.05) is 18.0 Å². The second kappa shape index (κ2) is 2.70. The molecule has 5 heteroatoms. The summed E-state index contributed by atoms with van der Waals surface area (Å²) in [5, 5.41) is 13.7. The van der Waals surface area contributed by atoms with Crippen molar-refractivity contribution >= 4 is 11.5 Å². The molecule has 0 saturated carbocycles. The van der Waals surface area contributed by atoms with Crippen LogP contribution in [0.2, 0.25) is 0 Å². The van der Waals surface area contributed by atoms with E-state index in [0.29, 0.717) is 13.1 Å². The second-order valence-electron chi connectivity index (χ2n) is 4.27. The SMILES string of the molecule is CC1(O)CN(c2ccn3nccc3n2)C1. The van der Waals surface area contributed by atoms with Gasteiger partial charge in [-0.2, -0.15) is 5.10 Å². The van der Waals surface area contributed by atoms with Crippen LogP contribution in [0.4, 0.5) is 5.82 Å². The Balaban J connectivity index is 1.92. The van der Waals surface area contributed by atoms with Gasteiger partial charge >= 0.3 is 0 Å². The number of fused-ring (bicyclic) bond motifs is 1. The molecular formula is C10H12N4O. The van der Waals surface area contributed by atoms with Gasteiger partial charge in [-0.25, -0.2) is 9.50 Å². The van der Waals surface area contributed by atoms with E-state index < -0.39 is 5.60 Å². The van der Waals surface area contributed by atoms with E-state index in [2.05, 4.69) is 10.1 Å². The van der Waals surface area contributed by atoms with Crippen molar-refractivity contribution in [2.45, 2.75) is 12.5 Å². The maximum Gasteiger partial charge on any atom is 0.157 e. The first-order valence-corrected chi connectivity index (χ1v) is 4.92. The smallest absolute Gasteiger partial charge is 0.157 e. The number of nitrogens with zero attached hydrogens (tertiary/aromatic N) is 4. The molecule has 0 bridgehead atoms. The highest BCUT2D eigenvalue weighted by atomic mass is 16.3. The van der Waals surface area contributed by atoms with Crippen LogP contribution in [0, 0.1) is 0 Å². The van der Waals surface area contributed by atoms with Crippen LogP contribution in [0.15, 0.2) is 24.5 Å². The van der Waals surface area contributed by atoms with Crippen molar-refractivity contribution in [2.24, 2.45) is 0 Å². The van der Waals surface area contributed by atoms with E-state index in [1.165, 1.54) is 0 Å². The van der Waals surface area contributed by atoms with Crippen LogP contribution < -0.4 is 4.90 Å². The summed E-state index contributed by atoms with van der Waals surface area (Å²) in [5.41, 5.74) is 0.271. The van der Waals surface area contributed by atoms with Gasteiger partial charge in [-0.15, -0.1) is 0 Å². The summed E-state index contributed by atoms with van der Waals surface area (Å²) in [4.78, 5) is 6.49. The molecule has 1 fully saturated rings. The van der Waals surface area contributed by atoms with Crippen LogP contribution in [0.25, 0.3) is 5.65 Å². The first kappa shape index (κ1) is 8.67. The Morgan fingerprint density at radius 1 is 1.40 bits per heavy atom. The number of anilines is 1. The third kappa shape index (κ3) is 1.35. The zero-order chi connectivity index (χ0) is 10.5. The van der Waals surface area contributed by atoms with Gasteiger partial charge in [0.1, 0.15) is 5.82 Å². The average Bonchev–Trinajstić information content (AvgIpc) is 2.60. The Hall–Kier alpha value is -1.62. The van der Waals surface area contributed by atoms with Gasteiger partial charge < -0.3 is 10.0 Å². The van der Waals surface area contributed by atoms with E-state index in [9.17, 15) is 5.11 Å². The second-order valence-corrected chi connectivity index (χ2v) is 4.27. The van der Waals surface area contributed by atoms with Gasteiger partial charge in [-0.05, 0) is 13.0 Å². The Labute approximate surface area is 87.0 Å². The number of aliphatic hydroxyl groups is 1. The molecule has 0 radical (unpaired) electrons. The van der Waals surface area contributed by atoms with Gasteiger partial charge in [0.2, 0.25) is 0 Å². The predicted octanol–water partition coefficient (Wildman–Crippen LogP) is 0.300. The van der Waals surface area contributed by atoms with E-state index in [1.54, 1.807) is 10.7 Å². The number of rotatable bonds is 1. The topological polar surface area (TPSA) is 53.7 Å². The van der Waals surface area contributed by atoms with E-state index in [-0.39, 0.29) is 0 Å². The van der Waals surface area contributed by atoms with Crippen LogP contribution in [0.1, 0.15) is 6.92 Å². The molecule has 2 aromatic rings. The first-order chi connectivity index (χ1) is 7.14. The number of hydrogen-bond acceptors (Lipinski definition) is 4. The molecule has 1 aliphatic heterocycles. The molecule has 0 aliphatic carbocycles. The molecule has 15 heavy (non-hydrogen) atoms. The lowest BCUT2D eigenvalue weighted by atomic mass is 9.97. The molecule has 5 nitrogen and oxygen atoms in total. The summed E-state index contributed by atoms with van der Waals surface area (Å²) in [6.45, 7) is 3.12. The highest BCUT2D eigenvalue weighted by Gasteiger charge is 2.37. The van der Waals surface area contributed by atoms with Crippen LogP contribution in [-0.2, 0) is 0 Å². The summed E-state index contributed by atoms with van der Waals surface area (Å²) in [7, 11) is 0. The van der Waals surface area contributed by atoms with Gasteiger partial charge in [-0.1, -0.05) is 0 Å². The fraction of sp³-hybridized carbons (Fsp3) is 0.400. The molecule has 78 valence electrons. The Bertz CT molecular complexity index is 497. The predicted molar refractivity (Wildman–Crippen MR) is 55.8 cm³/mol. The molecule has 0 spiro atoms.